The molecule has 2 aliphatic rings. The zero-order valence-electron chi connectivity index (χ0n) is 13.4. The maximum atomic E-state index is 12.9. The van der Waals surface area contributed by atoms with Gasteiger partial charge < -0.3 is 14.8 Å². The maximum absolute atomic E-state index is 12.9. The van der Waals surface area contributed by atoms with E-state index in [1.807, 2.05) is 37.3 Å². The van der Waals surface area contributed by atoms with Crippen molar-refractivity contribution in [3.63, 3.8) is 0 Å². The van der Waals surface area contributed by atoms with Crippen LogP contribution in [-0.4, -0.2) is 19.1 Å². The second-order valence-corrected chi connectivity index (χ2v) is 6.79. The third kappa shape index (κ3) is 2.61. The van der Waals surface area contributed by atoms with Gasteiger partial charge in [-0.05, 0) is 61.2 Å². The largest absolute Gasteiger partial charge is 0.486 e. The number of nitrogens with one attached hydrogen (secondary N) is 1. The lowest BCUT2D eigenvalue weighted by molar-refractivity contribution is -0.118. The van der Waals surface area contributed by atoms with Gasteiger partial charge >= 0.3 is 0 Å². The quantitative estimate of drug-likeness (QED) is 0.913. The summed E-state index contributed by atoms with van der Waals surface area (Å²) >= 11 is 5.98. The van der Waals surface area contributed by atoms with E-state index in [-0.39, 0.29) is 5.91 Å². The van der Waals surface area contributed by atoms with Crippen molar-refractivity contribution in [1.82, 2.24) is 0 Å². The van der Waals surface area contributed by atoms with E-state index in [9.17, 15) is 4.79 Å². The Bertz CT molecular complexity index is 814. The third-order valence-corrected chi connectivity index (χ3v) is 4.95. The van der Waals surface area contributed by atoms with E-state index in [2.05, 4.69) is 5.32 Å². The molecule has 1 aliphatic carbocycles. The molecule has 124 valence electrons. The first-order valence-electron chi connectivity index (χ1n) is 8.06. The summed E-state index contributed by atoms with van der Waals surface area (Å²) in [5.41, 5.74) is 2.26. The summed E-state index contributed by atoms with van der Waals surface area (Å²) in [6, 6.07) is 11.3. The molecule has 0 bridgehead atoms. The number of carbonyl (C=O) groups is 1. The zero-order valence-corrected chi connectivity index (χ0v) is 14.2. The van der Waals surface area contributed by atoms with Gasteiger partial charge in [0.05, 0.1) is 5.41 Å². The lowest BCUT2D eigenvalue weighted by Gasteiger charge is -2.22. The fourth-order valence-corrected chi connectivity index (χ4v) is 3.35. The molecule has 5 heteroatoms. The predicted molar refractivity (Wildman–Crippen MR) is 93.2 cm³/mol. The number of ether oxygens (including phenoxy) is 2. The second kappa shape index (κ2) is 5.71. The van der Waals surface area contributed by atoms with Gasteiger partial charge in [-0.15, -0.1) is 0 Å². The van der Waals surface area contributed by atoms with Crippen LogP contribution in [0.5, 0.6) is 11.5 Å². The fourth-order valence-electron chi connectivity index (χ4n) is 3.12. The van der Waals surface area contributed by atoms with Crippen LogP contribution < -0.4 is 14.8 Å². The Morgan fingerprint density at radius 3 is 2.54 bits per heavy atom. The molecule has 0 saturated heterocycles. The molecule has 0 atom stereocenters. The summed E-state index contributed by atoms with van der Waals surface area (Å²) in [7, 11) is 0. The first-order chi connectivity index (χ1) is 11.6. The SMILES string of the molecule is Cc1cc(Cl)ccc1NC(=O)C1(c2ccc3c(c2)OCCO3)CC1. The Morgan fingerprint density at radius 2 is 1.83 bits per heavy atom. The molecule has 4 nitrogen and oxygen atoms in total. The highest BCUT2D eigenvalue weighted by molar-refractivity contribution is 6.30. The number of rotatable bonds is 3. The minimum atomic E-state index is -0.470. The normalized spacial score (nSPS) is 17.2. The van der Waals surface area contributed by atoms with Crippen LogP contribution in [0.25, 0.3) is 0 Å². The molecule has 0 aromatic heterocycles. The first kappa shape index (κ1) is 15.3. The van der Waals surface area contributed by atoms with Crippen molar-refractivity contribution < 1.29 is 14.3 Å². The highest BCUT2D eigenvalue weighted by Crippen LogP contribution is 2.51. The minimum Gasteiger partial charge on any atom is -0.486 e. The smallest absolute Gasteiger partial charge is 0.235 e. The van der Waals surface area contributed by atoms with Crippen LogP contribution in [0.1, 0.15) is 24.0 Å². The first-order valence-corrected chi connectivity index (χ1v) is 8.44. The van der Waals surface area contributed by atoms with Gasteiger partial charge in [-0.2, -0.15) is 0 Å². The van der Waals surface area contributed by atoms with Crippen molar-refractivity contribution in [2.75, 3.05) is 18.5 Å². The molecule has 1 amide bonds. The molecule has 2 aromatic rings. The van der Waals surface area contributed by atoms with E-state index in [4.69, 9.17) is 21.1 Å². The summed E-state index contributed by atoms with van der Waals surface area (Å²) < 4.78 is 11.2. The van der Waals surface area contributed by atoms with Crippen molar-refractivity contribution in [2.24, 2.45) is 0 Å². The number of carbonyl (C=O) groups excluding carboxylic acids is 1. The van der Waals surface area contributed by atoms with Crippen LogP contribution in [0.3, 0.4) is 0 Å². The average molecular weight is 344 g/mol. The van der Waals surface area contributed by atoms with Crippen LogP contribution in [0.4, 0.5) is 5.69 Å². The molecular weight excluding hydrogens is 326 g/mol. The summed E-state index contributed by atoms with van der Waals surface area (Å²) in [5, 5.41) is 3.71. The van der Waals surface area contributed by atoms with E-state index < -0.39 is 5.41 Å². The molecule has 24 heavy (non-hydrogen) atoms. The molecular formula is C19H18ClNO3. The van der Waals surface area contributed by atoms with Gasteiger partial charge in [0.25, 0.3) is 0 Å². The Hall–Kier alpha value is -2.20. The van der Waals surface area contributed by atoms with Crippen LogP contribution >= 0.6 is 11.6 Å². The van der Waals surface area contributed by atoms with Gasteiger partial charge in [0.15, 0.2) is 11.5 Å². The highest BCUT2D eigenvalue weighted by Gasteiger charge is 2.51. The summed E-state index contributed by atoms with van der Waals surface area (Å²) in [4.78, 5) is 12.9. The molecule has 0 unspecified atom stereocenters. The van der Waals surface area contributed by atoms with E-state index in [0.717, 1.165) is 41.2 Å². The van der Waals surface area contributed by atoms with Crippen LogP contribution in [0.2, 0.25) is 5.02 Å². The summed E-state index contributed by atoms with van der Waals surface area (Å²) in [6.07, 6.45) is 1.68. The molecule has 0 spiro atoms. The molecule has 0 radical (unpaired) electrons. The minimum absolute atomic E-state index is 0.0181. The van der Waals surface area contributed by atoms with Crippen molar-refractivity contribution >= 4 is 23.2 Å². The Balaban J connectivity index is 1.59. The van der Waals surface area contributed by atoms with Crippen LogP contribution in [-0.2, 0) is 10.2 Å². The Labute approximate surface area is 145 Å². The molecule has 2 aromatic carbocycles. The van der Waals surface area contributed by atoms with Gasteiger partial charge in [-0.25, -0.2) is 0 Å². The number of hydrogen-bond acceptors (Lipinski definition) is 3. The molecule has 1 aliphatic heterocycles. The summed E-state index contributed by atoms with van der Waals surface area (Å²) in [6.45, 7) is 3.04. The maximum Gasteiger partial charge on any atom is 0.235 e. The Kier molecular flexibility index (Phi) is 3.65. The standard InChI is InChI=1S/C19H18ClNO3/c1-12-10-14(20)3-4-15(12)21-18(22)19(6-7-19)13-2-5-16-17(11-13)24-9-8-23-16/h2-5,10-11H,6-9H2,1H3,(H,21,22). The predicted octanol–water partition coefficient (Wildman–Crippen LogP) is 4.09. The van der Waals surface area contributed by atoms with Crippen molar-refractivity contribution in [2.45, 2.75) is 25.2 Å². The van der Waals surface area contributed by atoms with E-state index >= 15 is 0 Å². The van der Waals surface area contributed by atoms with Crippen LogP contribution in [0, 0.1) is 6.92 Å². The number of fused-ring (bicyclic) bond motifs is 1. The van der Waals surface area contributed by atoms with Gasteiger partial charge in [0, 0.05) is 10.7 Å². The number of hydrogen-bond donors (Lipinski definition) is 1. The zero-order chi connectivity index (χ0) is 16.7. The summed E-state index contributed by atoms with van der Waals surface area (Å²) in [5.74, 6) is 1.49. The highest BCUT2D eigenvalue weighted by atomic mass is 35.5. The Morgan fingerprint density at radius 1 is 1.08 bits per heavy atom. The van der Waals surface area contributed by atoms with Gasteiger partial charge in [0.2, 0.25) is 5.91 Å². The van der Waals surface area contributed by atoms with Gasteiger partial charge in [-0.1, -0.05) is 17.7 Å². The molecule has 4 rings (SSSR count). The van der Waals surface area contributed by atoms with Gasteiger partial charge in [0.1, 0.15) is 13.2 Å². The van der Waals surface area contributed by atoms with Crippen molar-refractivity contribution in [3.05, 3.63) is 52.5 Å². The molecule has 1 saturated carbocycles. The number of aryl methyl sites for hydroxylation is 1. The molecule has 1 fully saturated rings. The van der Waals surface area contributed by atoms with Gasteiger partial charge in [-0.3, -0.25) is 4.79 Å². The number of anilines is 1. The van der Waals surface area contributed by atoms with E-state index in [1.54, 1.807) is 6.07 Å². The van der Waals surface area contributed by atoms with E-state index in [1.165, 1.54) is 0 Å². The number of halogens is 1. The fraction of sp³-hybridized carbons (Fsp3) is 0.316. The van der Waals surface area contributed by atoms with Crippen molar-refractivity contribution in [3.8, 4) is 11.5 Å². The third-order valence-electron chi connectivity index (χ3n) is 4.72. The lowest BCUT2D eigenvalue weighted by Crippen LogP contribution is -2.28. The lowest BCUT2D eigenvalue weighted by atomic mass is 9.94. The topological polar surface area (TPSA) is 47.6 Å². The van der Waals surface area contributed by atoms with E-state index in [0.29, 0.717) is 18.2 Å². The average Bonchev–Trinajstić information content (AvgIpc) is 3.39. The number of benzene rings is 2. The molecule has 1 N–H and O–H groups in total. The second-order valence-electron chi connectivity index (χ2n) is 6.35. The monoisotopic (exact) mass is 343 g/mol. The number of amides is 1. The molecule has 1 heterocycles. The van der Waals surface area contributed by atoms with Crippen LogP contribution in [0.15, 0.2) is 36.4 Å². The van der Waals surface area contributed by atoms with Crippen molar-refractivity contribution in [1.29, 1.82) is 0 Å².